The molecule has 4 nitrogen and oxygen atoms in total. The third kappa shape index (κ3) is 6.07. The first-order valence-corrected chi connectivity index (χ1v) is 8.69. The van der Waals surface area contributed by atoms with E-state index >= 15 is 0 Å². The molecule has 0 aliphatic rings. The maximum atomic E-state index is 6.01. The van der Waals surface area contributed by atoms with Crippen molar-refractivity contribution in [2.24, 2.45) is 5.73 Å². The summed E-state index contributed by atoms with van der Waals surface area (Å²) in [4.78, 5) is 0. The fourth-order valence-corrected chi connectivity index (χ4v) is 3.10. The molecular weight excluding hydrogens is 312 g/mol. The number of ether oxygens (including phenoxy) is 2. The van der Waals surface area contributed by atoms with E-state index < -0.39 is 0 Å². The lowest BCUT2D eigenvalue weighted by Crippen LogP contribution is -2.51. The van der Waals surface area contributed by atoms with Crippen LogP contribution in [0.15, 0.2) is 48.5 Å². The van der Waals surface area contributed by atoms with Crippen molar-refractivity contribution in [3.63, 3.8) is 0 Å². The van der Waals surface area contributed by atoms with Crippen molar-refractivity contribution in [1.29, 1.82) is 0 Å². The Bertz CT molecular complexity index is 636. The highest BCUT2D eigenvalue weighted by Crippen LogP contribution is 2.18. The molecule has 0 aliphatic heterocycles. The smallest absolute Gasteiger partial charge is 0.118 e. The average Bonchev–Trinajstić information content (AvgIpc) is 2.62. The van der Waals surface area contributed by atoms with Crippen LogP contribution in [0.25, 0.3) is 0 Å². The molecule has 0 aromatic heterocycles. The standard InChI is InChI=1S/C21H30N2O2/c1-21(2,14-17-7-11-20(25-4)12-8-17)23-18(15-22)13-16-5-9-19(24-3)10-6-16/h5-12,18,23H,13-15,22H2,1-4H3. The Kier molecular flexibility index (Phi) is 6.85. The monoisotopic (exact) mass is 342 g/mol. The first-order chi connectivity index (χ1) is 12.0. The lowest BCUT2D eigenvalue weighted by Gasteiger charge is -2.32. The summed E-state index contributed by atoms with van der Waals surface area (Å²) in [7, 11) is 3.37. The molecule has 0 heterocycles. The van der Waals surface area contributed by atoms with E-state index in [4.69, 9.17) is 15.2 Å². The van der Waals surface area contributed by atoms with E-state index in [0.717, 1.165) is 24.3 Å². The van der Waals surface area contributed by atoms with Crippen LogP contribution in [0.2, 0.25) is 0 Å². The van der Waals surface area contributed by atoms with Crippen LogP contribution in [0.1, 0.15) is 25.0 Å². The second-order valence-corrected chi connectivity index (χ2v) is 7.04. The highest BCUT2D eigenvalue weighted by molar-refractivity contribution is 5.29. The van der Waals surface area contributed by atoms with Crippen LogP contribution in [0, 0.1) is 0 Å². The van der Waals surface area contributed by atoms with Gasteiger partial charge in [-0.05, 0) is 62.1 Å². The van der Waals surface area contributed by atoms with Gasteiger partial charge in [-0.1, -0.05) is 24.3 Å². The molecule has 0 saturated heterocycles. The van der Waals surface area contributed by atoms with Gasteiger partial charge in [0.2, 0.25) is 0 Å². The van der Waals surface area contributed by atoms with Gasteiger partial charge in [0, 0.05) is 18.1 Å². The van der Waals surface area contributed by atoms with Gasteiger partial charge in [0.05, 0.1) is 14.2 Å². The third-order valence-electron chi connectivity index (χ3n) is 4.33. The predicted octanol–water partition coefficient (Wildman–Crippen LogP) is 3.18. The largest absolute Gasteiger partial charge is 0.497 e. The Morgan fingerprint density at radius 3 is 1.80 bits per heavy atom. The van der Waals surface area contributed by atoms with Gasteiger partial charge in [0.25, 0.3) is 0 Å². The molecule has 136 valence electrons. The molecule has 0 fully saturated rings. The molecule has 2 rings (SSSR count). The molecule has 0 amide bonds. The third-order valence-corrected chi connectivity index (χ3v) is 4.33. The van der Waals surface area contributed by atoms with Crippen LogP contribution in [-0.2, 0) is 12.8 Å². The number of nitrogens with two attached hydrogens (primary N) is 1. The molecule has 1 unspecified atom stereocenters. The average molecular weight is 342 g/mol. The molecular formula is C21H30N2O2. The molecule has 2 aromatic carbocycles. The van der Waals surface area contributed by atoms with Crippen LogP contribution >= 0.6 is 0 Å². The zero-order chi connectivity index (χ0) is 18.3. The van der Waals surface area contributed by atoms with E-state index in [1.54, 1.807) is 14.2 Å². The zero-order valence-corrected chi connectivity index (χ0v) is 15.7. The van der Waals surface area contributed by atoms with Crippen LogP contribution < -0.4 is 20.5 Å². The number of nitrogens with one attached hydrogen (secondary N) is 1. The van der Waals surface area contributed by atoms with Crippen LogP contribution in [-0.4, -0.2) is 32.3 Å². The molecule has 2 aromatic rings. The van der Waals surface area contributed by atoms with E-state index in [1.165, 1.54) is 11.1 Å². The van der Waals surface area contributed by atoms with Crippen LogP contribution in [0.4, 0.5) is 0 Å². The van der Waals surface area contributed by atoms with Crippen LogP contribution in [0.3, 0.4) is 0 Å². The van der Waals surface area contributed by atoms with Gasteiger partial charge in [0.15, 0.2) is 0 Å². The Balaban J connectivity index is 1.97. The van der Waals surface area contributed by atoms with Crippen molar-refractivity contribution < 1.29 is 9.47 Å². The predicted molar refractivity (Wildman–Crippen MR) is 103 cm³/mol. The SMILES string of the molecule is COc1ccc(CC(CN)NC(C)(C)Cc2ccc(OC)cc2)cc1. The first-order valence-electron chi connectivity index (χ1n) is 8.69. The number of rotatable bonds is 9. The second kappa shape index (κ2) is 8.88. The van der Waals surface area contributed by atoms with Crippen LogP contribution in [0.5, 0.6) is 11.5 Å². The van der Waals surface area contributed by atoms with E-state index in [9.17, 15) is 0 Å². The van der Waals surface area contributed by atoms with E-state index in [1.807, 2.05) is 24.3 Å². The Hall–Kier alpha value is -2.04. The van der Waals surface area contributed by atoms with Crippen molar-refractivity contribution in [2.75, 3.05) is 20.8 Å². The molecule has 0 saturated carbocycles. The van der Waals surface area contributed by atoms with Crippen molar-refractivity contribution >= 4 is 0 Å². The molecule has 25 heavy (non-hydrogen) atoms. The van der Waals surface area contributed by atoms with Gasteiger partial charge in [-0.2, -0.15) is 0 Å². The number of hydrogen-bond donors (Lipinski definition) is 2. The summed E-state index contributed by atoms with van der Waals surface area (Å²) < 4.78 is 10.4. The van der Waals surface area contributed by atoms with E-state index in [2.05, 4.69) is 43.4 Å². The highest BCUT2D eigenvalue weighted by atomic mass is 16.5. The summed E-state index contributed by atoms with van der Waals surface area (Å²) in [5.74, 6) is 1.76. The van der Waals surface area contributed by atoms with Gasteiger partial charge in [-0.15, -0.1) is 0 Å². The Morgan fingerprint density at radius 2 is 1.36 bits per heavy atom. The summed E-state index contributed by atoms with van der Waals surface area (Å²) in [6, 6.07) is 16.6. The molecule has 0 radical (unpaired) electrons. The van der Waals surface area contributed by atoms with Crippen molar-refractivity contribution in [3.8, 4) is 11.5 Å². The topological polar surface area (TPSA) is 56.5 Å². The fourth-order valence-electron chi connectivity index (χ4n) is 3.10. The van der Waals surface area contributed by atoms with Gasteiger partial charge >= 0.3 is 0 Å². The van der Waals surface area contributed by atoms with Gasteiger partial charge in [0.1, 0.15) is 11.5 Å². The van der Waals surface area contributed by atoms with Crippen molar-refractivity contribution in [2.45, 2.75) is 38.3 Å². The van der Waals surface area contributed by atoms with Gasteiger partial charge in [-0.25, -0.2) is 0 Å². The molecule has 0 aliphatic carbocycles. The number of methoxy groups -OCH3 is 2. The zero-order valence-electron chi connectivity index (χ0n) is 15.7. The maximum absolute atomic E-state index is 6.01. The lowest BCUT2D eigenvalue weighted by molar-refractivity contribution is 0.331. The minimum atomic E-state index is -0.0505. The van der Waals surface area contributed by atoms with E-state index in [-0.39, 0.29) is 11.6 Å². The first kappa shape index (κ1) is 19.3. The highest BCUT2D eigenvalue weighted by Gasteiger charge is 2.22. The van der Waals surface area contributed by atoms with Gasteiger partial charge in [-0.3, -0.25) is 0 Å². The fraction of sp³-hybridized carbons (Fsp3) is 0.429. The summed E-state index contributed by atoms with van der Waals surface area (Å²) in [5.41, 5.74) is 8.49. The molecule has 4 heteroatoms. The summed E-state index contributed by atoms with van der Waals surface area (Å²) in [6.45, 7) is 5.03. The summed E-state index contributed by atoms with van der Waals surface area (Å²) in [5, 5.41) is 3.71. The molecule has 0 spiro atoms. The lowest BCUT2D eigenvalue weighted by atomic mass is 9.92. The number of benzene rings is 2. The second-order valence-electron chi connectivity index (χ2n) is 7.04. The molecule has 1 atom stereocenters. The minimum absolute atomic E-state index is 0.0505. The Labute approximate surface area is 151 Å². The quantitative estimate of drug-likeness (QED) is 0.735. The molecule has 0 bridgehead atoms. The maximum Gasteiger partial charge on any atom is 0.118 e. The minimum Gasteiger partial charge on any atom is -0.497 e. The number of hydrogen-bond acceptors (Lipinski definition) is 4. The Morgan fingerprint density at radius 1 is 0.880 bits per heavy atom. The molecule has 3 N–H and O–H groups in total. The summed E-state index contributed by atoms with van der Waals surface area (Å²) >= 11 is 0. The van der Waals surface area contributed by atoms with Crippen molar-refractivity contribution in [3.05, 3.63) is 59.7 Å². The normalized spacial score (nSPS) is 12.7. The van der Waals surface area contributed by atoms with E-state index in [0.29, 0.717) is 6.54 Å². The summed E-state index contributed by atoms with van der Waals surface area (Å²) in [6.07, 6.45) is 1.82. The van der Waals surface area contributed by atoms with Gasteiger partial charge < -0.3 is 20.5 Å². The van der Waals surface area contributed by atoms with Crippen molar-refractivity contribution in [1.82, 2.24) is 5.32 Å².